The van der Waals surface area contributed by atoms with Gasteiger partial charge in [-0.15, -0.1) is 0 Å². The topological polar surface area (TPSA) is 0 Å². The van der Waals surface area contributed by atoms with E-state index in [-0.39, 0.29) is 122 Å². The Balaban J connectivity index is 0. The molecule has 0 aliphatic carbocycles. The molecule has 0 atom stereocenters. The maximum Gasteiger partial charge on any atom is 0 e. The van der Waals surface area contributed by atoms with E-state index in [2.05, 4.69) is 0 Å². The zero-order chi connectivity index (χ0) is 0. The van der Waals surface area contributed by atoms with Gasteiger partial charge in [-0.25, -0.2) is 0 Å². The summed E-state index contributed by atoms with van der Waals surface area (Å²) in [6.07, 6.45) is 0. The molecule has 0 aromatic carbocycles. The third-order valence-electron chi connectivity index (χ3n) is 0. The molecule has 0 bridgehead atoms. The van der Waals surface area contributed by atoms with Crippen LogP contribution in [0.15, 0.2) is 0 Å². The number of hydrogen-bond donors (Lipinski definition) is 0. The molecule has 8 radical (unpaired) electrons. The van der Waals surface area contributed by atoms with Crippen molar-refractivity contribution >= 4 is 122 Å². The van der Waals surface area contributed by atoms with E-state index in [1.165, 1.54) is 0 Å². The van der Waals surface area contributed by atoms with Crippen molar-refractivity contribution in [2.75, 3.05) is 0 Å². The van der Waals surface area contributed by atoms with Gasteiger partial charge in [0.2, 0.25) is 0 Å². The van der Waals surface area contributed by atoms with Crippen LogP contribution in [-0.2, 0) is 0 Å². The van der Waals surface area contributed by atoms with E-state index < -0.39 is 0 Å². The van der Waals surface area contributed by atoms with Gasteiger partial charge in [-0.05, 0) is 0 Å². The summed E-state index contributed by atoms with van der Waals surface area (Å²) < 4.78 is 0. The molecule has 0 N–H and O–H groups in total. The molecule has 4 heavy (non-hydrogen) atoms. The van der Waals surface area contributed by atoms with Crippen LogP contribution in [-0.4, -0.2) is 122 Å². The summed E-state index contributed by atoms with van der Waals surface area (Å²) in [6, 6.07) is 0. The third kappa shape index (κ3) is 9.41. The first-order valence-electron chi connectivity index (χ1n) is 0. The molecule has 0 aliphatic rings. The van der Waals surface area contributed by atoms with Crippen LogP contribution in [0.1, 0.15) is 0 Å². The minimum Gasteiger partial charge on any atom is 0 e. The van der Waals surface area contributed by atoms with Gasteiger partial charge in [0.05, 0.1) is 0 Å². The van der Waals surface area contributed by atoms with Crippen LogP contribution in [0.5, 0.6) is 0 Å². The molecule has 0 fully saturated rings. The van der Waals surface area contributed by atoms with Gasteiger partial charge in [0.1, 0.15) is 0 Å². The Morgan fingerprint density at radius 2 is 0.750 bits per heavy atom. The van der Waals surface area contributed by atoms with E-state index >= 15 is 0 Å². The Morgan fingerprint density at radius 3 is 0.750 bits per heavy atom. The van der Waals surface area contributed by atoms with Gasteiger partial charge in [0, 0.05) is 122 Å². The van der Waals surface area contributed by atoms with E-state index in [1.54, 1.807) is 0 Å². The first-order chi connectivity index (χ1) is 0. The van der Waals surface area contributed by atoms with Crippen molar-refractivity contribution in [3.05, 3.63) is 0 Å². The molecular weight excluding hydrogens is 130 g/mol. The van der Waals surface area contributed by atoms with Gasteiger partial charge in [-0.2, -0.15) is 0 Å². The average Bonchev–Trinajstić information content (AvgIpc) is 0. The van der Waals surface area contributed by atoms with Gasteiger partial charge in [0.25, 0.3) is 0 Å². The molecule has 8 valence electrons. The summed E-state index contributed by atoms with van der Waals surface area (Å²) in [7, 11) is 0. The van der Waals surface area contributed by atoms with E-state index in [1.807, 2.05) is 0 Å². The van der Waals surface area contributed by atoms with Gasteiger partial charge < -0.3 is 0 Å². The fraction of sp³-hybridized carbons (Fsp3) is 0. The fourth-order valence-corrected chi connectivity index (χ4v) is 0. The average molecular weight is 130 g/mol. The maximum absolute atomic E-state index is 0. The van der Waals surface area contributed by atoms with E-state index in [0.29, 0.717) is 0 Å². The summed E-state index contributed by atoms with van der Waals surface area (Å²) in [5.41, 5.74) is 0. The zero-order valence-corrected chi connectivity index (χ0v) is 10.6. The second kappa shape index (κ2) is 15.7. The largest absolute Gasteiger partial charge is 0 e. The van der Waals surface area contributed by atoms with Crippen molar-refractivity contribution in [1.82, 2.24) is 0 Å². The summed E-state index contributed by atoms with van der Waals surface area (Å²) in [6.45, 7) is 0. The predicted molar refractivity (Wildman–Crippen MR) is 23.0 cm³/mol. The number of hydrogen-bond acceptors (Lipinski definition) is 0. The van der Waals surface area contributed by atoms with Crippen LogP contribution in [0.25, 0.3) is 0 Å². The molecule has 0 amide bonds. The summed E-state index contributed by atoms with van der Waals surface area (Å²) in [5.74, 6) is 0. The van der Waals surface area contributed by atoms with Crippen molar-refractivity contribution in [3.8, 4) is 0 Å². The fourth-order valence-electron chi connectivity index (χ4n) is 0. The van der Waals surface area contributed by atoms with Crippen LogP contribution in [0.2, 0.25) is 0 Å². The number of rotatable bonds is 0. The molecule has 4 heteroatoms. The molecular formula is AlCa2Na. The van der Waals surface area contributed by atoms with Crippen molar-refractivity contribution in [2.45, 2.75) is 0 Å². The molecule has 0 spiro atoms. The SMILES string of the molecule is [Al].[Ca].[Ca].[Na]. The Bertz CT molecular complexity index is 6.00. The Hall–Kier alpha value is 4.05. The van der Waals surface area contributed by atoms with E-state index in [4.69, 9.17) is 0 Å². The first kappa shape index (κ1) is 24.4. The molecule has 0 saturated carbocycles. The molecule has 0 unspecified atom stereocenters. The molecule has 0 aromatic heterocycles. The Labute approximate surface area is 119 Å². The van der Waals surface area contributed by atoms with Crippen LogP contribution in [0, 0.1) is 0 Å². The Kier molecular flexibility index (Phi) is 95.9. The minimum absolute atomic E-state index is 0. The van der Waals surface area contributed by atoms with Crippen molar-refractivity contribution in [1.29, 1.82) is 0 Å². The van der Waals surface area contributed by atoms with Crippen LogP contribution in [0.4, 0.5) is 0 Å². The quantitative estimate of drug-likeness (QED) is 0.349. The van der Waals surface area contributed by atoms with Crippen LogP contribution >= 0.6 is 0 Å². The standard InChI is InChI=1S/Al.2Ca.Na. The van der Waals surface area contributed by atoms with Gasteiger partial charge >= 0.3 is 0 Å². The second-order valence-electron chi connectivity index (χ2n) is 0. The van der Waals surface area contributed by atoms with E-state index in [9.17, 15) is 0 Å². The molecule has 0 aromatic rings. The Morgan fingerprint density at radius 1 is 0.750 bits per heavy atom. The van der Waals surface area contributed by atoms with Crippen molar-refractivity contribution < 1.29 is 0 Å². The van der Waals surface area contributed by atoms with Gasteiger partial charge in [0.15, 0.2) is 0 Å². The molecule has 0 heterocycles. The van der Waals surface area contributed by atoms with E-state index in [0.717, 1.165) is 0 Å². The molecule has 0 aliphatic heterocycles. The van der Waals surface area contributed by atoms with Gasteiger partial charge in [-0.3, -0.25) is 0 Å². The summed E-state index contributed by atoms with van der Waals surface area (Å²) in [4.78, 5) is 0. The second-order valence-corrected chi connectivity index (χ2v) is 0. The third-order valence-corrected chi connectivity index (χ3v) is 0. The smallest absolute Gasteiger partial charge is 0 e. The maximum atomic E-state index is 0. The molecule has 0 saturated heterocycles. The zero-order valence-electron chi connectivity index (χ0n) is 2.99. The first-order valence-corrected chi connectivity index (χ1v) is 0. The minimum atomic E-state index is 0. The summed E-state index contributed by atoms with van der Waals surface area (Å²) >= 11 is 0. The normalized spacial score (nSPS) is 0. The van der Waals surface area contributed by atoms with Crippen molar-refractivity contribution in [3.63, 3.8) is 0 Å². The molecule has 0 rings (SSSR count). The predicted octanol–water partition coefficient (Wildman–Crippen LogP) is -1.52. The van der Waals surface area contributed by atoms with Crippen molar-refractivity contribution in [2.24, 2.45) is 0 Å². The van der Waals surface area contributed by atoms with Crippen LogP contribution < -0.4 is 0 Å². The van der Waals surface area contributed by atoms with Crippen LogP contribution in [0.3, 0.4) is 0 Å². The monoisotopic (exact) mass is 130 g/mol. The molecule has 0 nitrogen and oxygen atoms in total. The van der Waals surface area contributed by atoms with Gasteiger partial charge in [-0.1, -0.05) is 0 Å². The summed E-state index contributed by atoms with van der Waals surface area (Å²) in [5, 5.41) is 0.